The van der Waals surface area contributed by atoms with Crippen LogP contribution in [0.5, 0.6) is 0 Å². The number of carbonyl (C=O) groups excluding carboxylic acids is 2. The molecule has 90 heavy (non-hydrogen) atoms. The fraction of sp³-hybridized carbons (Fsp3) is 0.825. The molecule has 0 fully saturated rings. The minimum absolute atomic E-state index is 0.0294. The van der Waals surface area contributed by atoms with E-state index in [1.54, 1.807) is 0 Å². The standard InChI is InChI=1S/C80H148NO8P/c1-6-8-10-12-14-16-18-20-22-24-26-28-30-32-34-35-36-37-38-39-40-41-42-43-44-45-47-49-51-53-55-57-59-61-63-65-67-69-71-73-80(83)89-78(77-88-90(84,85)87-75-74-81(3,4)5)76-86-79(82)72-70-68-66-64-62-60-58-56-54-52-50-48-46-33-31-29-27-25-23-21-19-17-15-13-11-9-7-2/h8,10,14,16,19-22,25-28,78H,6-7,9,11-13,15,17-18,23-24,29-77H2,1-5H3/b10-8-,16-14-,21-19-,22-20-,27-25-,28-26-. The molecular weight excluding hydrogens is 1130 g/mol. The number of hydrogen-bond donors (Lipinski definition) is 0. The third-order valence-corrected chi connectivity index (χ3v) is 18.2. The molecular formula is C80H148NO8P. The van der Waals surface area contributed by atoms with Crippen LogP contribution in [0.1, 0.15) is 373 Å². The van der Waals surface area contributed by atoms with Crippen molar-refractivity contribution < 1.29 is 42.1 Å². The largest absolute Gasteiger partial charge is 0.756 e. The van der Waals surface area contributed by atoms with Gasteiger partial charge in [-0.25, -0.2) is 0 Å². The van der Waals surface area contributed by atoms with E-state index in [2.05, 4.69) is 86.8 Å². The maximum atomic E-state index is 12.9. The molecule has 0 rings (SSSR count). The summed E-state index contributed by atoms with van der Waals surface area (Å²) in [5.41, 5.74) is 0. The van der Waals surface area contributed by atoms with Gasteiger partial charge < -0.3 is 27.9 Å². The molecule has 0 aliphatic heterocycles. The van der Waals surface area contributed by atoms with E-state index < -0.39 is 26.5 Å². The Kier molecular flexibility index (Phi) is 68.8. The second-order valence-electron chi connectivity index (χ2n) is 27.3. The van der Waals surface area contributed by atoms with Crippen LogP contribution in [0.2, 0.25) is 0 Å². The Labute approximate surface area is 559 Å². The quantitative estimate of drug-likeness (QED) is 0.0195. The fourth-order valence-electron chi connectivity index (χ4n) is 11.3. The summed E-state index contributed by atoms with van der Waals surface area (Å²) in [6.45, 7) is 4.18. The lowest BCUT2D eigenvalue weighted by Gasteiger charge is -2.28. The van der Waals surface area contributed by atoms with Gasteiger partial charge in [0.2, 0.25) is 0 Å². The Balaban J connectivity index is 3.92. The molecule has 0 aromatic heterocycles. The van der Waals surface area contributed by atoms with Gasteiger partial charge in [-0.3, -0.25) is 14.2 Å². The summed E-state index contributed by atoms with van der Waals surface area (Å²) in [5.74, 6) is -0.814. The highest BCUT2D eigenvalue weighted by molar-refractivity contribution is 7.45. The first-order chi connectivity index (χ1) is 44.0. The molecule has 9 nitrogen and oxygen atoms in total. The molecule has 0 aliphatic rings. The van der Waals surface area contributed by atoms with Crippen molar-refractivity contribution in [1.29, 1.82) is 0 Å². The maximum absolute atomic E-state index is 12.9. The third-order valence-electron chi connectivity index (χ3n) is 17.2. The lowest BCUT2D eigenvalue weighted by atomic mass is 10.0. The summed E-state index contributed by atoms with van der Waals surface area (Å²) >= 11 is 0. The number of carbonyl (C=O) groups is 2. The molecule has 0 amide bonds. The number of allylic oxidation sites excluding steroid dienone is 12. The Bertz CT molecular complexity index is 1750. The van der Waals surface area contributed by atoms with E-state index >= 15 is 0 Å². The predicted molar refractivity (Wildman–Crippen MR) is 388 cm³/mol. The van der Waals surface area contributed by atoms with Gasteiger partial charge in [0.05, 0.1) is 27.7 Å². The second kappa shape index (κ2) is 70.8. The molecule has 2 atom stereocenters. The molecule has 0 saturated carbocycles. The summed E-state index contributed by atoms with van der Waals surface area (Å²) in [7, 11) is 1.18. The zero-order valence-corrected chi connectivity index (χ0v) is 61.0. The summed E-state index contributed by atoms with van der Waals surface area (Å²) in [6, 6.07) is 0. The van der Waals surface area contributed by atoms with Gasteiger partial charge in [0, 0.05) is 12.8 Å². The monoisotopic (exact) mass is 1280 g/mol. The van der Waals surface area contributed by atoms with Gasteiger partial charge in [-0.15, -0.1) is 0 Å². The number of hydrogen-bond acceptors (Lipinski definition) is 8. The smallest absolute Gasteiger partial charge is 0.306 e. The highest BCUT2D eigenvalue weighted by atomic mass is 31.2. The lowest BCUT2D eigenvalue weighted by Crippen LogP contribution is -2.37. The summed E-state index contributed by atoms with van der Waals surface area (Å²) in [6.07, 6.45) is 95.9. The first-order valence-electron chi connectivity index (χ1n) is 38.6. The number of phosphoric acid groups is 1. The van der Waals surface area contributed by atoms with Crippen molar-refractivity contribution in [2.75, 3.05) is 47.5 Å². The Hall–Kier alpha value is -2.55. The highest BCUT2D eigenvalue weighted by Crippen LogP contribution is 2.38. The van der Waals surface area contributed by atoms with E-state index in [9.17, 15) is 19.0 Å². The first kappa shape index (κ1) is 87.5. The van der Waals surface area contributed by atoms with E-state index in [4.69, 9.17) is 18.5 Å². The van der Waals surface area contributed by atoms with Crippen molar-refractivity contribution in [1.82, 2.24) is 0 Å². The van der Waals surface area contributed by atoms with Crippen molar-refractivity contribution >= 4 is 19.8 Å². The summed E-state index contributed by atoms with van der Waals surface area (Å²) < 4.78 is 34.4. The SMILES string of the molecule is CC/C=C\C/C=C\C/C=C\C/C=C\CCCCCCCCCCCCCCCCCCCCCCCCCCCCC(=O)OC(COC(=O)CCCCCCCCCCCCCCCCC/C=C\C/C=C\CCCCCCC)COP(=O)([O-])OCC[N+](C)(C)C. The second-order valence-corrected chi connectivity index (χ2v) is 28.8. The first-order valence-corrected chi connectivity index (χ1v) is 40.1. The van der Waals surface area contributed by atoms with Crippen molar-refractivity contribution in [3.63, 3.8) is 0 Å². The van der Waals surface area contributed by atoms with Crippen LogP contribution in [0.3, 0.4) is 0 Å². The van der Waals surface area contributed by atoms with Crippen LogP contribution in [-0.4, -0.2) is 70.0 Å². The highest BCUT2D eigenvalue weighted by Gasteiger charge is 2.22. The molecule has 0 bridgehead atoms. The maximum Gasteiger partial charge on any atom is 0.306 e. The molecule has 0 spiro atoms. The van der Waals surface area contributed by atoms with Gasteiger partial charge in [-0.05, 0) is 83.5 Å². The number of quaternary nitrogens is 1. The minimum Gasteiger partial charge on any atom is -0.756 e. The van der Waals surface area contributed by atoms with Gasteiger partial charge in [-0.2, -0.15) is 0 Å². The van der Waals surface area contributed by atoms with Crippen LogP contribution in [0.4, 0.5) is 0 Å². The molecule has 10 heteroatoms. The van der Waals surface area contributed by atoms with E-state index in [-0.39, 0.29) is 32.0 Å². The molecule has 0 heterocycles. The minimum atomic E-state index is -4.64. The van der Waals surface area contributed by atoms with E-state index in [1.807, 2.05) is 21.1 Å². The van der Waals surface area contributed by atoms with E-state index in [1.165, 1.54) is 276 Å². The summed E-state index contributed by atoms with van der Waals surface area (Å²) in [4.78, 5) is 38.1. The number of unbranched alkanes of at least 4 members (excludes halogenated alkanes) is 46. The lowest BCUT2D eigenvalue weighted by molar-refractivity contribution is -0.870. The Morgan fingerprint density at radius 3 is 0.944 bits per heavy atom. The topological polar surface area (TPSA) is 111 Å². The van der Waals surface area contributed by atoms with Crippen LogP contribution in [0.15, 0.2) is 72.9 Å². The van der Waals surface area contributed by atoms with Crippen molar-refractivity contribution in [2.45, 2.75) is 380 Å². The Morgan fingerprint density at radius 2 is 0.633 bits per heavy atom. The van der Waals surface area contributed by atoms with Gasteiger partial charge in [0.15, 0.2) is 6.10 Å². The molecule has 0 saturated heterocycles. The van der Waals surface area contributed by atoms with E-state index in [0.29, 0.717) is 17.4 Å². The predicted octanol–water partition coefficient (Wildman–Crippen LogP) is 24.9. The van der Waals surface area contributed by atoms with Crippen LogP contribution in [-0.2, 0) is 32.7 Å². The normalized spacial score (nSPS) is 13.4. The molecule has 2 unspecified atom stereocenters. The number of likely N-dealkylation sites (N-methyl/N-ethyl adjacent to an activating group) is 1. The number of phosphoric ester groups is 1. The number of rotatable bonds is 72. The van der Waals surface area contributed by atoms with Gasteiger partial charge in [-0.1, -0.05) is 350 Å². The zero-order chi connectivity index (χ0) is 65.5. The number of ether oxygens (including phenoxy) is 2. The van der Waals surface area contributed by atoms with Crippen LogP contribution in [0, 0.1) is 0 Å². The van der Waals surface area contributed by atoms with Gasteiger partial charge >= 0.3 is 11.9 Å². The number of esters is 2. The van der Waals surface area contributed by atoms with Crippen molar-refractivity contribution in [3.05, 3.63) is 72.9 Å². The molecule has 0 aromatic rings. The van der Waals surface area contributed by atoms with Gasteiger partial charge in [0.25, 0.3) is 7.82 Å². The molecule has 0 aromatic carbocycles. The number of nitrogens with zero attached hydrogens (tertiary/aromatic N) is 1. The van der Waals surface area contributed by atoms with E-state index in [0.717, 1.165) is 64.2 Å². The third kappa shape index (κ3) is 74.5. The van der Waals surface area contributed by atoms with Gasteiger partial charge in [0.1, 0.15) is 19.8 Å². The van der Waals surface area contributed by atoms with Crippen LogP contribution < -0.4 is 4.89 Å². The van der Waals surface area contributed by atoms with Crippen LogP contribution in [0.25, 0.3) is 0 Å². The fourth-order valence-corrected chi connectivity index (χ4v) is 12.1. The average molecular weight is 1280 g/mol. The molecule has 526 valence electrons. The van der Waals surface area contributed by atoms with Crippen molar-refractivity contribution in [3.8, 4) is 0 Å². The average Bonchev–Trinajstić information content (AvgIpc) is 3.58. The zero-order valence-electron chi connectivity index (χ0n) is 60.1. The molecule has 0 radical (unpaired) electrons. The van der Waals surface area contributed by atoms with Crippen molar-refractivity contribution in [2.24, 2.45) is 0 Å². The summed E-state index contributed by atoms with van der Waals surface area (Å²) in [5, 5.41) is 0. The van der Waals surface area contributed by atoms with Crippen LogP contribution >= 0.6 is 7.82 Å². The Morgan fingerprint density at radius 1 is 0.356 bits per heavy atom. The molecule has 0 aliphatic carbocycles. The molecule has 0 N–H and O–H groups in total.